The molecule has 0 bridgehead atoms. The van der Waals surface area contributed by atoms with E-state index >= 15 is 0 Å². The van der Waals surface area contributed by atoms with E-state index in [1.807, 2.05) is 0 Å². The number of aliphatic hydroxyl groups is 1. The zero-order chi connectivity index (χ0) is 15.6. The van der Waals surface area contributed by atoms with Gasteiger partial charge in [-0.2, -0.15) is 0 Å². The van der Waals surface area contributed by atoms with E-state index in [1.54, 1.807) is 25.1 Å². The van der Waals surface area contributed by atoms with Crippen LogP contribution in [0.15, 0.2) is 30.3 Å². The predicted octanol–water partition coefficient (Wildman–Crippen LogP) is 3.89. The summed E-state index contributed by atoms with van der Waals surface area (Å²) in [7, 11) is 2.94. The summed E-state index contributed by atoms with van der Waals surface area (Å²) in [6.07, 6.45) is -1.04. The number of aryl methyl sites for hydroxylation is 1. The second-order valence-corrected chi connectivity index (χ2v) is 5.05. The van der Waals surface area contributed by atoms with Gasteiger partial charge in [0.05, 0.1) is 14.2 Å². The van der Waals surface area contributed by atoms with Gasteiger partial charge < -0.3 is 14.6 Å². The Hall–Kier alpha value is -1.78. The Bertz CT molecular complexity index is 638. The summed E-state index contributed by atoms with van der Waals surface area (Å²) < 4.78 is 23.9. The first-order chi connectivity index (χ1) is 9.97. The molecule has 0 aliphatic heterocycles. The summed E-state index contributed by atoms with van der Waals surface area (Å²) in [4.78, 5) is 0. The first kappa shape index (κ1) is 15.6. The summed E-state index contributed by atoms with van der Waals surface area (Å²) >= 11 is 6.17. The van der Waals surface area contributed by atoms with Gasteiger partial charge in [0.15, 0.2) is 0 Å². The Morgan fingerprint density at radius 2 is 1.86 bits per heavy atom. The van der Waals surface area contributed by atoms with E-state index in [-0.39, 0.29) is 5.02 Å². The van der Waals surface area contributed by atoms with Crippen molar-refractivity contribution in [1.82, 2.24) is 0 Å². The summed E-state index contributed by atoms with van der Waals surface area (Å²) in [5, 5.41) is 10.8. The lowest BCUT2D eigenvalue weighted by atomic mass is 9.99. The summed E-state index contributed by atoms with van der Waals surface area (Å²) in [5.41, 5.74) is 1.61. The monoisotopic (exact) mass is 310 g/mol. The molecule has 2 aromatic carbocycles. The molecular weight excluding hydrogens is 295 g/mol. The molecule has 112 valence electrons. The van der Waals surface area contributed by atoms with E-state index in [0.717, 1.165) is 5.56 Å². The molecule has 1 atom stereocenters. The minimum atomic E-state index is -1.04. The van der Waals surface area contributed by atoms with Gasteiger partial charge in [0.2, 0.25) is 0 Å². The molecule has 0 spiro atoms. The topological polar surface area (TPSA) is 38.7 Å². The van der Waals surface area contributed by atoms with Crippen LogP contribution in [0.5, 0.6) is 11.5 Å². The fourth-order valence-corrected chi connectivity index (χ4v) is 2.56. The van der Waals surface area contributed by atoms with Gasteiger partial charge in [0.25, 0.3) is 0 Å². The maximum absolute atomic E-state index is 13.5. The van der Waals surface area contributed by atoms with E-state index in [9.17, 15) is 9.50 Å². The molecule has 0 aliphatic carbocycles. The van der Waals surface area contributed by atoms with Crippen LogP contribution < -0.4 is 9.47 Å². The van der Waals surface area contributed by atoms with Gasteiger partial charge in [-0.05, 0) is 42.3 Å². The number of aliphatic hydroxyl groups excluding tert-OH is 1. The van der Waals surface area contributed by atoms with Crippen molar-refractivity contribution < 1.29 is 19.0 Å². The molecule has 0 aliphatic rings. The van der Waals surface area contributed by atoms with Gasteiger partial charge in [0, 0.05) is 5.56 Å². The Labute approximate surface area is 127 Å². The van der Waals surface area contributed by atoms with E-state index in [1.165, 1.54) is 26.4 Å². The molecular formula is C16H16ClFO3. The smallest absolute Gasteiger partial charge is 0.147 e. The van der Waals surface area contributed by atoms with Crippen LogP contribution in [0.1, 0.15) is 22.8 Å². The van der Waals surface area contributed by atoms with Crippen LogP contribution in [0.3, 0.4) is 0 Å². The standard InChI is InChI=1S/C16H16ClFO3/c1-9-6-10(8-11(18)7-9)15(19)12-4-5-13(20-2)14(17)16(12)21-3/h4-8,15,19H,1-3H3. The van der Waals surface area contributed by atoms with Crippen LogP contribution in [0.4, 0.5) is 4.39 Å². The molecule has 0 amide bonds. The summed E-state index contributed by atoms with van der Waals surface area (Å²) in [6, 6.07) is 7.68. The summed E-state index contributed by atoms with van der Waals surface area (Å²) in [6.45, 7) is 1.76. The molecule has 1 N–H and O–H groups in total. The number of methoxy groups -OCH3 is 2. The quantitative estimate of drug-likeness (QED) is 0.931. The average molecular weight is 311 g/mol. The van der Waals surface area contributed by atoms with Crippen molar-refractivity contribution in [2.24, 2.45) is 0 Å². The highest BCUT2D eigenvalue weighted by atomic mass is 35.5. The number of ether oxygens (including phenoxy) is 2. The molecule has 0 radical (unpaired) electrons. The maximum atomic E-state index is 13.5. The van der Waals surface area contributed by atoms with E-state index < -0.39 is 11.9 Å². The molecule has 3 nitrogen and oxygen atoms in total. The highest BCUT2D eigenvalue weighted by Gasteiger charge is 2.21. The molecule has 0 aromatic heterocycles. The fraction of sp³-hybridized carbons (Fsp3) is 0.250. The maximum Gasteiger partial charge on any atom is 0.147 e. The second-order valence-electron chi connectivity index (χ2n) is 4.67. The fourth-order valence-electron chi connectivity index (χ4n) is 2.24. The molecule has 1 unspecified atom stereocenters. The van der Waals surface area contributed by atoms with E-state index in [2.05, 4.69) is 0 Å². The molecule has 21 heavy (non-hydrogen) atoms. The Balaban J connectivity index is 2.52. The molecule has 5 heteroatoms. The summed E-state index contributed by atoms with van der Waals surface area (Å²) in [5.74, 6) is 0.355. The second kappa shape index (κ2) is 6.33. The minimum Gasteiger partial charge on any atom is -0.495 e. The molecule has 2 rings (SSSR count). The van der Waals surface area contributed by atoms with Gasteiger partial charge in [-0.3, -0.25) is 0 Å². The van der Waals surface area contributed by atoms with Crippen LogP contribution in [-0.2, 0) is 0 Å². The minimum absolute atomic E-state index is 0.268. The molecule has 2 aromatic rings. The van der Waals surface area contributed by atoms with E-state index in [4.69, 9.17) is 21.1 Å². The third-order valence-electron chi connectivity index (χ3n) is 3.19. The lowest BCUT2D eigenvalue weighted by Gasteiger charge is -2.18. The van der Waals surface area contributed by atoms with Gasteiger partial charge in [-0.1, -0.05) is 17.7 Å². The Morgan fingerprint density at radius 3 is 2.43 bits per heavy atom. The number of benzene rings is 2. The highest BCUT2D eigenvalue weighted by molar-refractivity contribution is 6.33. The number of halogens is 2. The largest absolute Gasteiger partial charge is 0.495 e. The SMILES string of the molecule is COc1ccc(C(O)c2cc(C)cc(F)c2)c(OC)c1Cl. The zero-order valence-electron chi connectivity index (χ0n) is 12.0. The first-order valence-electron chi connectivity index (χ1n) is 6.33. The van der Waals surface area contributed by atoms with Crippen molar-refractivity contribution in [3.63, 3.8) is 0 Å². The lowest BCUT2D eigenvalue weighted by molar-refractivity contribution is 0.214. The predicted molar refractivity (Wildman–Crippen MR) is 79.8 cm³/mol. The van der Waals surface area contributed by atoms with Crippen molar-refractivity contribution in [3.8, 4) is 11.5 Å². The zero-order valence-corrected chi connectivity index (χ0v) is 12.7. The van der Waals surface area contributed by atoms with Crippen LogP contribution in [0, 0.1) is 12.7 Å². The third-order valence-corrected chi connectivity index (χ3v) is 3.55. The van der Waals surface area contributed by atoms with E-state index in [0.29, 0.717) is 22.6 Å². The van der Waals surface area contributed by atoms with Crippen molar-refractivity contribution >= 4 is 11.6 Å². The molecule has 0 saturated heterocycles. The van der Waals surface area contributed by atoms with Gasteiger partial charge in [-0.25, -0.2) is 4.39 Å². The van der Waals surface area contributed by atoms with Gasteiger partial charge in [-0.15, -0.1) is 0 Å². The first-order valence-corrected chi connectivity index (χ1v) is 6.71. The number of hydrogen-bond donors (Lipinski definition) is 1. The van der Waals surface area contributed by atoms with Crippen molar-refractivity contribution in [2.75, 3.05) is 14.2 Å². The Morgan fingerprint density at radius 1 is 1.14 bits per heavy atom. The van der Waals surface area contributed by atoms with Gasteiger partial charge >= 0.3 is 0 Å². The van der Waals surface area contributed by atoms with Crippen molar-refractivity contribution in [3.05, 3.63) is 57.9 Å². The van der Waals surface area contributed by atoms with Crippen LogP contribution >= 0.6 is 11.6 Å². The number of hydrogen-bond acceptors (Lipinski definition) is 3. The van der Waals surface area contributed by atoms with Crippen molar-refractivity contribution in [2.45, 2.75) is 13.0 Å². The highest BCUT2D eigenvalue weighted by Crippen LogP contribution is 2.41. The van der Waals surface area contributed by atoms with Crippen LogP contribution in [0.25, 0.3) is 0 Å². The van der Waals surface area contributed by atoms with Gasteiger partial charge in [0.1, 0.15) is 28.4 Å². The van der Waals surface area contributed by atoms with Crippen molar-refractivity contribution in [1.29, 1.82) is 0 Å². The molecule has 0 heterocycles. The molecule has 0 fully saturated rings. The number of rotatable bonds is 4. The average Bonchev–Trinajstić information content (AvgIpc) is 2.45. The molecule has 0 saturated carbocycles. The van der Waals surface area contributed by atoms with Crippen LogP contribution in [-0.4, -0.2) is 19.3 Å². The lowest BCUT2D eigenvalue weighted by Crippen LogP contribution is -2.04. The third kappa shape index (κ3) is 3.12. The normalized spacial score (nSPS) is 12.1. The Kier molecular flexibility index (Phi) is 4.70. The van der Waals surface area contributed by atoms with Crippen LogP contribution in [0.2, 0.25) is 5.02 Å².